The van der Waals surface area contributed by atoms with Gasteiger partial charge in [0.2, 0.25) is 0 Å². The van der Waals surface area contributed by atoms with Crippen molar-refractivity contribution in [1.82, 2.24) is 5.32 Å². The van der Waals surface area contributed by atoms with Gasteiger partial charge in [0.15, 0.2) is 5.11 Å². The van der Waals surface area contributed by atoms with E-state index in [0.29, 0.717) is 11.7 Å². The van der Waals surface area contributed by atoms with Gasteiger partial charge in [0.05, 0.1) is 12.7 Å². The fourth-order valence-electron chi connectivity index (χ4n) is 2.48. The highest BCUT2D eigenvalue weighted by atomic mass is 32.1. The Morgan fingerprint density at radius 3 is 2.27 bits per heavy atom. The summed E-state index contributed by atoms with van der Waals surface area (Å²) in [6.45, 7) is 7.54. The quantitative estimate of drug-likeness (QED) is 0.489. The largest absolute Gasteiger partial charge is 0.494 e. The van der Waals surface area contributed by atoms with Crippen molar-refractivity contribution in [1.29, 1.82) is 0 Å². The Hall–Kier alpha value is -2.27. The molecular weight excluding hydrogens is 344 g/mol. The van der Waals surface area contributed by atoms with Gasteiger partial charge in [0, 0.05) is 12.2 Å². The summed E-state index contributed by atoms with van der Waals surface area (Å²) in [6, 6.07) is 16.1. The van der Waals surface area contributed by atoms with E-state index in [4.69, 9.17) is 21.7 Å². The molecule has 0 saturated heterocycles. The maximum Gasteiger partial charge on any atom is 0.170 e. The van der Waals surface area contributed by atoms with Gasteiger partial charge in [-0.1, -0.05) is 12.1 Å². The Bertz CT molecular complexity index is 669. The Morgan fingerprint density at radius 1 is 1.00 bits per heavy atom. The van der Waals surface area contributed by atoms with Crippen LogP contribution in [0.25, 0.3) is 0 Å². The SMILES string of the molecule is CCOc1ccc(CCCNC(=S)Nc2ccc(OC(C)C)cc2)cc1. The molecule has 0 spiro atoms. The fraction of sp³-hybridized carbons (Fsp3) is 0.381. The average Bonchev–Trinajstić information content (AvgIpc) is 2.62. The lowest BCUT2D eigenvalue weighted by molar-refractivity contribution is 0.242. The van der Waals surface area contributed by atoms with Crippen LogP contribution in [0.15, 0.2) is 48.5 Å². The second-order valence-electron chi connectivity index (χ2n) is 6.25. The van der Waals surface area contributed by atoms with Gasteiger partial charge in [-0.15, -0.1) is 0 Å². The molecule has 2 aromatic rings. The van der Waals surface area contributed by atoms with E-state index in [9.17, 15) is 0 Å². The van der Waals surface area contributed by atoms with Crippen molar-refractivity contribution < 1.29 is 9.47 Å². The summed E-state index contributed by atoms with van der Waals surface area (Å²) in [5.74, 6) is 1.78. The summed E-state index contributed by atoms with van der Waals surface area (Å²) in [7, 11) is 0. The second-order valence-corrected chi connectivity index (χ2v) is 6.66. The average molecular weight is 373 g/mol. The molecule has 2 N–H and O–H groups in total. The number of nitrogens with one attached hydrogen (secondary N) is 2. The Labute approximate surface area is 161 Å². The third kappa shape index (κ3) is 7.31. The van der Waals surface area contributed by atoms with E-state index >= 15 is 0 Å². The molecular formula is C21H28N2O2S. The first-order valence-electron chi connectivity index (χ1n) is 9.10. The topological polar surface area (TPSA) is 42.5 Å². The Balaban J connectivity index is 1.67. The molecule has 0 bridgehead atoms. The number of hydrogen-bond donors (Lipinski definition) is 2. The van der Waals surface area contributed by atoms with Crippen LogP contribution in [0.3, 0.4) is 0 Å². The summed E-state index contributed by atoms with van der Waals surface area (Å²) in [6.07, 6.45) is 2.19. The van der Waals surface area contributed by atoms with E-state index in [1.165, 1.54) is 5.56 Å². The van der Waals surface area contributed by atoms with Crippen LogP contribution in [0.2, 0.25) is 0 Å². The van der Waals surface area contributed by atoms with E-state index in [1.807, 2.05) is 57.2 Å². The maximum atomic E-state index is 5.63. The number of hydrogen-bond acceptors (Lipinski definition) is 3. The predicted molar refractivity (Wildman–Crippen MR) is 112 cm³/mol. The van der Waals surface area contributed by atoms with Crippen molar-refractivity contribution in [2.24, 2.45) is 0 Å². The molecule has 0 amide bonds. The lowest BCUT2D eigenvalue weighted by Gasteiger charge is -2.12. The standard InChI is InChI=1S/C21H28N2O2S/c1-4-24-19-11-7-17(8-12-19)6-5-15-22-21(26)23-18-9-13-20(14-10-18)25-16(2)3/h7-14,16H,4-6,15H2,1-3H3,(H2,22,23,26). The number of rotatable bonds is 9. The molecule has 0 aromatic heterocycles. The van der Waals surface area contributed by atoms with Crippen LogP contribution < -0.4 is 20.1 Å². The fourth-order valence-corrected chi connectivity index (χ4v) is 2.70. The van der Waals surface area contributed by atoms with Crippen molar-refractivity contribution in [3.05, 3.63) is 54.1 Å². The smallest absolute Gasteiger partial charge is 0.170 e. The minimum absolute atomic E-state index is 0.173. The summed E-state index contributed by atoms with van der Waals surface area (Å²) < 4.78 is 11.1. The number of ether oxygens (including phenoxy) is 2. The molecule has 5 heteroatoms. The van der Waals surface area contributed by atoms with Crippen molar-refractivity contribution in [2.45, 2.75) is 39.7 Å². The van der Waals surface area contributed by atoms with E-state index in [2.05, 4.69) is 22.8 Å². The third-order valence-electron chi connectivity index (χ3n) is 3.65. The zero-order valence-corrected chi connectivity index (χ0v) is 16.6. The highest BCUT2D eigenvalue weighted by Crippen LogP contribution is 2.17. The monoisotopic (exact) mass is 372 g/mol. The zero-order chi connectivity index (χ0) is 18.8. The lowest BCUT2D eigenvalue weighted by Crippen LogP contribution is -2.29. The molecule has 0 fully saturated rings. The molecule has 140 valence electrons. The molecule has 4 nitrogen and oxygen atoms in total. The first kappa shape index (κ1) is 20.0. The first-order valence-corrected chi connectivity index (χ1v) is 9.51. The summed E-state index contributed by atoms with van der Waals surface area (Å²) in [5, 5.41) is 7.07. The number of thiocarbonyl (C=S) groups is 1. The van der Waals surface area contributed by atoms with Gasteiger partial charge in [0.1, 0.15) is 11.5 Å². The maximum absolute atomic E-state index is 5.63. The van der Waals surface area contributed by atoms with Crippen LogP contribution in [-0.4, -0.2) is 24.4 Å². The van der Waals surface area contributed by atoms with Gasteiger partial charge in [0.25, 0.3) is 0 Å². The van der Waals surface area contributed by atoms with Crippen LogP contribution in [0, 0.1) is 0 Å². The molecule has 0 heterocycles. The van der Waals surface area contributed by atoms with Crippen LogP contribution in [0.5, 0.6) is 11.5 Å². The van der Waals surface area contributed by atoms with Crippen LogP contribution in [0.4, 0.5) is 5.69 Å². The molecule has 0 radical (unpaired) electrons. The van der Waals surface area contributed by atoms with Crippen LogP contribution in [-0.2, 0) is 6.42 Å². The van der Waals surface area contributed by atoms with Crippen LogP contribution in [0.1, 0.15) is 32.8 Å². The van der Waals surface area contributed by atoms with E-state index in [-0.39, 0.29) is 6.10 Å². The van der Waals surface area contributed by atoms with Gasteiger partial charge in [-0.3, -0.25) is 0 Å². The second kappa shape index (κ2) is 10.7. The predicted octanol–water partition coefficient (Wildman–Crippen LogP) is 4.79. The molecule has 0 unspecified atom stereocenters. The molecule has 0 aliphatic rings. The van der Waals surface area contributed by atoms with Crippen molar-refractivity contribution in [3.8, 4) is 11.5 Å². The highest BCUT2D eigenvalue weighted by molar-refractivity contribution is 7.80. The molecule has 0 aliphatic heterocycles. The van der Waals surface area contributed by atoms with Crippen molar-refractivity contribution in [3.63, 3.8) is 0 Å². The van der Waals surface area contributed by atoms with Gasteiger partial charge >= 0.3 is 0 Å². The van der Waals surface area contributed by atoms with E-state index < -0.39 is 0 Å². The Kier molecular flexibility index (Phi) is 8.22. The normalized spacial score (nSPS) is 10.5. The van der Waals surface area contributed by atoms with E-state index in [0.717, 1.165) is 36.6 Å². The minimum Gasteiger partial charge on any atom is -0.494 e. The van der Waals surface area contributed by atoms with Gasteiger partial charge < -0.3 is 20.1 Å². The van der Waals surface area contributed by atoms with Crippen molar-refractivity contribution >= 4 is 23.0 Å². The molecule has 2 rings (SSSR count). The van der Waals surface area contributed by atoms with Crippen LogP contribution >= 0.6 is 12.2 Å². The number of anilines is 1. The minimum atomic E-state index is 0.173. The molecule has 26 heavy (non-hydrogen) atoms. The molecule has 0 atom stereocenters. The van der Waals surface area contributed by atoms with E-state index in [1.54, 1.807) is 0 Å². The number of benzene rings is 2. The summed E-state index contributed by atoms with van der Waals surface area (Å²) >= 11 is 5.35. The van der Waals surface area contributed by atoms with Gasteiger partial charge in [-0.05, 0) is 87.8 Å². The van der Waals surface area contributed by atoms with Gasteiger partial charge in [-0.2, -0.15) is 0 Å². The summed E-state index contributed by atoms with van der Waals surface area (Å²) in [5.41, 5.74) is 2.25. The first-order chi connectivity index (χ1) is 12.6. The molecule has 0 saturated carbocycles. The molecule has 0 aliphatic carbocycles. The lowest BCUT2D eigenvalue weighted by atomic mass is 10.1. The van der Waals surface area contributed by atoms with Gasteiger partial charge in [-0.25, -0.2) is 0 Å². The van der Waals surface area contributed by atoms with Crippen molar-refractivity contribution in [2.75, 3.05) is 18.5 Å². The molecule has 2 aromatic carbocycles. The Morgan fingerprint density at radius 2 is 1.65 bits per heavy atom. The third-order valence-corrected chi connectivity index (χ3v) is 3.89. The highest BCUT2D eigenvalue weighted by Gasteiger charge is 2.01. The zero-order valence-electron chi connectivity index (χ0n) is 15.7. The number of aryl methyl sites for hydroxylation is 1. The summed E-state index contributed by atoms with van der Waals surface area (Å²) in [4.78, 5) is 0.